The first-order chi connectivity index (χ1) is 12.3. The molecule has 2 heteroatoms. The summed E-state index contributed by atoms with van der Waals surface area (Å²) in [6, 6.07) is 16.5. The van der Waals surface area contributed by atoms with Gasteiger partial charge in [0.2, 0.25) is 5.91 Å². The molecule has 26 heavy (non-hydrogen) atoms. The van der Waals surface area contributed by atoms with Gasteiger partial charge in [0.15, 0.2) is 0 Å². The van der Waals surface area contributed by atoms with E-state index in [0.29, 0.717) is 12.5 Å². The zero-order valence-corrected chi connectivity index (χ0v) is 16.5. The van der Waals surface area contributed by atoms with Gasteiger partial charge < -0.3 is 4.90 Å². The molecule has 136 valence electrons. The van der Waals surface area contributed by atoms with E-state index in [1.54, 1.807) is 0 Å². The Bertz CT molecular complexity index is 828. The summed E-state index contributed by atoms with van der Waals surface area (Å²) >= 11 is 0. The topological polar surface area (TPSA) is 20.3 Å². The molecule has 0 saturated carbocycles. The summed E-state index contributed by atoms with van der Waals surface area (Å²) in [5.74, 6) is 0.446. The molecule has 2 unspecified atom stereocenters. The van der Waals surface area contributed by atoms with E-state index < -0.39 is 0 Å². The van der Waals surface area contributed by atoms with Crippen LogP contribution in [0.25, 0.3) is 12.2 Å². The van der Waals surface area contributed by atoms with Gasteiger partial charge in [-0.3, -0.25) is 4.79 Å². The van der Waals surface area contributed by atoms with Gasteiger partial charge in [0, 0.05) is 5.92 Å². The van der Waals surface area contributed by atoms with E-state index in [4.69, 9.17) is 0 Å². The van der Waals surface area contributed by atoms with Gasteiger partial charge in [-0.05, 0) is 34.1 Å². The second kappa shape index (κ2) is 7.11. The largest absolute Gasteiger partial charge is 0.307 e. The molecule has 0 fully saturated rings. The van der Waals surface area contributed by atoms with Crippen LogP contribution >= 0.6 is 0 Å². The molecule has 0 aromatic heterocycles. The monoisotopic (exact) mass is 347 g/mol. The first kappa shape index (κ1) is 18.4. The van der Waals surface area contributed by atoms with Crippen LogP contribution in [0.1, 0.15) is 51.3 Å². The molecule has 0 aliphatic carbocycles. The molecule has 0 N–H and O–H groups in total. The van der Waals surface area contributed by atoms with E-state index in [1.165, 1.54) is 11.1 Å². The lowest BCUT2D eigenvalue weighted by Crippen LogP contribution is -2.40. The van der Waals surface area contributed by atoms with Gasteiger partial charge in [-0.15, -0.1) is 0 Å². The Morgan fingerprint density at radius 2 is 1.50 bits per heavy atom. The summed E-state index contributed by atoms with van der Waals surface area (Å²) in [6.07, 6.45) is 4.27. The molecule has 2 atom stereocenters. The van der Waals surface area contributed by atoms with Crippen LogP contribution in [0.5, 0.6) is 0 Å². The van der Waals surface area contributed by atoms with E-state index in [0.717, 1.165) is 11.3 Å². The van der Waals surface area contributed by atoms with Crippen LogP contribution in [0.4, 0.5) is 5.69 Å². The Morgan fingerprint density at radius 3 is 2.19 bits per heavy atom. The molecule has 2 aromatic rings. The molecule has 1 heterocycles. The zero-order valence-electron chi connectivity index (χ0n) is 16.5. The van der Waals surface area contributed by atoms with Crippen LogP contribution in [0.3, 0.4) is 0 Å². The van der Waals surface area contributed by atoms with Crippen LogP contribution < -0.4 is 4.90 Å². The molecule has 0 radical (unpaired) electrons. The van der Waals surface area contributed by atoms with Crippen molar-refractivity contribution in [2.45, 2.75) is 41.2 Å². The number of fused-ring (bicyclic) bond motifs is 2. The molecular formula is C24H29NO. The first-order valence-corrected chi connectivity index (χ1v) is 9.45. The van der Waals surface area contributed by atoms with Crippen molar-refractivity contribution in [2.24, 2.45) is 17.3 Å². The maximum absolute atomic E-state index is 13.5. The molecule has 2 aromatic carbocycles. The molecule has 0 saturated heterocycles. The van der Waals surface area contributed by atoms with Crippen molar-refractivity contribution in [3.8, 4) is 0 Å². The van der Waals surface area contributed by atoms with Gasteiger partial charge in [0.05, 0.1) is 12.2 Å². The first-order valence-electron chi connectivity index (χ1n) is 9.45. The van der Waals surface area contributed by atoms with Crippen LogP contribution in [-0.4, -0.2) is 5.91 Å². The lowest BCUT2D eigenvalue weighted by molar-refractivity contribution is -0.124. The molecule has 1 amide bonds. The van der Waals surface area contributed by atoms with Crippen molar-refractivity contribution < 1.29 is 4.79 Å². The van der Waals surface area contributed by atoms with Gasteiger partial charge in [-0.1, -0.05) is 89.2 Å². The van der Waals surface area contributed by atoms with Crippen molar-refractivity contribution in [1.82, 2.24) is 0 Å². The summed E-state index contributed by atoms with van der Waals surface area (Å²) in [4.78, 5) is 15.5. The molecule has 0 bridgehead atoms. The third-order valence-electron chi connectivity index (χ3n) is 5.83. The molecular weight excluding hydrogens is 318 g/mol. The molecule has 1 aliphatic heterocycles. The predicted octanol–water partition coefficient (Wildman–Crippen LogP) is 6.02. The van der Waals surface area contributed by atoms with Gasteiger partial charge in [-0.2, -0.15) is 0 Å². The van der Waals surface area contributed by atoms with Crippen LogP contribution in [0.2, 0.25) is 0 Å². The summed E-state index contributed by atoms with van der Waals surface area (Å²) in [7, 11) is 0. The molecule has 2 nitrogen and oxygen atoms in total. The van der Waals surface area contributed by atoms with Crippen molar-refractivity contribution in [1.29, 1.82) is 0 Å². The number of amides is 1. The van der Waals surface area contributed by atoms with Gasteiger partial charge in [0.25, 0.3) is 0 Å². The summed E-state index contributed by atoms with van der Waals surface area (Å²) < 4.78 is 0. The Balaban J connectivity index is 2.05. The van der Waals surface area contributed by atoms with E-state index >= 15 is 0 Å². The standard InChI is InChI=1S/C24H29NO/c1-17(18(2)24(3,4)5)23(26)25-16-21-12-7-6-10-19(21)14-15-20-11-8-9-13-22(20)25/h6-15,17-18H,16H2,1-5H3/b15-14-. The number of carbonyl (C=O) groups is 1. The Labute approximate surface area is 157 Å². The third kappa shape index (κ3) is 3.60. The van der Waals surface area contributed by atoms with E-state index in [9.17, 15) is 4.79 Å². The van der Waals surface area contributed by atoms with Crippen molar-refractivity contribution in [2.75, 3.05) is 4.90 Å². The minimum atomic E-state index is -0.0429. The number of rotatable bonds is 2. The highest BCUT2D eigenvalue weighted by Crippen LogP contribution is 2.35. The fourth-order valence-electron chi connectivity index (χ4n) is 3.56. The second-order valence-electron chi connectivity index (χ2n) is 8.46. The van der Waals surface area contributed by atoms with Gasteiger partial charge in [-0.25, -0.2) is 0 Å². The lowest BCUT2D eigenvalue weighted by Gasteiger charge is -2.36. The van der Waals surface area contributed by atoms with Crippen LogP contribution in [0, 0.1) is 17.3 Å². The summed E-state index contributed by atoms with van der Waals surface area (Å²) in [5, 5.41) is 0. The minimum Gasteiger partial charge on any atom is -0.307 e. The molecule has 3 rings (SSSR count). The lowest BCUT2D eigenvalue weighted by atomic mass is 9.74. The fourth-order valence-corrected chi connectivity index (χ4v) is 3.56. The third-order valence-corrected chi connectivity index (χ3v) is 5.83. The summed E-state index contributed by atoms with van der Waals surface area (Å²) in [6.45, 7) is 11.5. The number of benzene rings is 2. The van der Waals surface area contributed by atoms with Gasteiger partial charge in [0.1, 0.15) is 0 Å². The van der Waals surface area contributed by atoms with Crippen LogP contribution in [-0.2, 0) is 11.3 Å². The number of hydrogen-bond acceptors (Lipinski definition) is 1. The van der Waals surface area contributed by atoms with Crippen molar-refractivity contribution in [3.63, 3.8) is 0 Å². The van der Waals surface area contributed by atoms with E-state index in [2.05, 4.69) is 71.0 Å². The number of para-hydroxylation sites is 1. The summed E-state index contributed by atoms with van der Waals surface area (Å²) in [5.41, 5.74) is 4.54. The van der Waals surface area contributed by atoms with Gasteiger partial charge >= 0.3 is 0 Å². The van der Waals surface area contributed by atoms with Crippen molar-refractivity contribution >= 4 is 23.7 Å². The average molecular weight is 348 g/mol. The second-order valence-corrected chi connectivity index (χ2v) is 8.46. The maximum atomic E-state index is 13.5. The van der Waals surface area contributed by atoms with Crippen LogP contribution in [0.15, 0.2) is 48.5 Å². The SMILES string of the molecule is CC(C(=O)N1Cc2ccccc2/C=C\c2ccccc21)C(C)C(C)(C)C. The molecule has 0 spiro atoms. The number of anilines is 1. The Hall–Kier alpha value is -2.35. The highest BCUT2D eigenvalue weighted by molar-refractivity contribution is 5.98. The maximum Gasteiger partial charge on any atom is 0.230 e. The number of hydrogen-bond donors (Lipinski definition) is 0. The van der Waals surface area contributed by atoms with Crippen molar-refractivity contribution in [3.05, 3.63) is 65.2 Å². The smallest absolute Gasteiger partial charge is 0.230 e. The zero-order chi connectivity index (χ0) is 18.9. The number of carbonyl (C=O) groups excluding carboxylic acids is 1. The minimum absolute atomic E-state index is 0.0429. The van der Waals surface area contributed by atoms with E-state index in [-0.39, 0.29) is 17.2 Å². The average Bonchev–Trinajstić information content (AvgIpc) is 2.61. The predicted molar refractivity (Wildman–Crippen MR) is 111 cm³/mol. The number of nitrogens with zero attached hydrogens (tertiary/aromatic N) is 1. The highest BCUT2D eigenvalue weighted by atomic mass is 16.2. The van der Waals surface area contributed by atoms with E-state index in [1.807, 2.05) is 29.2 Å². The normalized spacial score (nSPS) is 17.3. The Morgan fingerprint density at radius 1 is 0.923 bits per heavy atom. The fraction of sp³-hybridized carbons (Fsp3) is 0.375. The highest BCUT2D eigenvalue weighted by Gasteiger charge is 2.33. The molecule has 1 aliphatic rings. The Kier molecular flexibility index (Phi) is 5.04. The quantitative estimate of drug-likeness (QED) is 0.650.